The van der Waals surface area contributed by atoms with Gasteiger partial charge in [-0.15, -0.1) is 12.4 Å². The van der Waals surface area contributed by atoms with Gasteiger partial charge in [-0.1, -0.05) is 28.1 Å². The normalized spacial score (nSPS) is 9.34. The lowest BCUT2D eigenvalue weighted by Crippen LogP contribution is -3.00. The lowest BCUT2D eigenvalue weighted by molar-refractivity contribution is -0.386. The molecule has 0 spiro atoms. The maximum Gasteiger partial charge on any atom is 0.312 e. The standard InChI is InChI=1S/C9H9BrN2O4.2C9H12N2O2.2ClH.H2/c1-11(2)9(14)6-3-5(10)4-7(8(6)13)12(15)16;2*1-11(2)9(13)6-4-3-5-7(10)8(6)12;;;/h3-4,13H,1-2H3;2*3-5,12H,10H2,1-2H3;3*1H/p-1. The highest BCUT2D eigenvalue weighted by Crippen LogP contribution is 2.34. The molecule has 14 nitrogen and oxygen atoms in total. The van der Waals surface area contributed by atoms with Crippen LogP contribution < -0.4 is 23.9 Å². The van der Waals surface area contributed by atoms with Gasteiger partial charge < -0.3 is 53.9 Å². The van der Waals surface area contributed by atoms with Crippen molar-refractivity contribution in [2.45, 2.75) is 0 Å². The number of carbonyl (C=O) groups excluding carboxylic acids is 3. The van der Waals surface area contributed by atoms with Crippen LogP contribution in [-0.2, 0) is 0 Å². The third-order valence-electron chi connectivity index (χ3n) is 5.30. The quantitative estimate of drug-likeness (QED) is 0.110. The molecule has 0 aromatic heterocycles. The number of nitrogen functional groups attached to an aromatic ring is 2. The van der Waals surface area contributed by atoms with Crippen LogP contribution in [0.3, 0.4) is 0 Å². The van der Waals surface area contributed by atoms with E-state index in [1.807, 2.05) is 0 Å². The number of nitrogens with zero attached hydrogens (tertiary/aromatic N) is 4. The number of rotatable bonds is 4. The Morgan fingerprint density at radius 3 is 1.39 bits per heavy atom. The van der Waals surface area contributed by atoms with E-state index >= 15 is 0 Å². The van der Waals surface area contributed by atoms with Crippen LogP contribution in [0, 0.1) is 10.1 Å². The van der Waals surface area contributed by atoms with Crippen molar-refractivity contribution in [2.75, 3.05) is 53.8 Å². The highest BCUT2D eigenvalue weighted by atomic mass is 79.9. The predicted octanol–water partition coefficient (Wildman–Crippen LogP) is 0.789. The second-order valence-electron chi connectivity index (χ2n) is 9.16. The molecule has 0 aliphatic carbocycles. The molecular weight excluding hydrogens is 687 g/mol. The summed E-state index contributed by atoms with van der Waals surface area (Å²) in [6.07, 6.45) is 0. The van der Waals surface area contributed by atoms with Crippen molar-refractivity contribution in [3.05, 3.63) is 79.8 Å². The van der Waals surface area contributed by atoms with Gasteiger partial charge in [0.05, 0.1) is 33.0 Å². The van der Waals surface area contributed by atoms with Crippen LogP contribution in [0.15, 0.2) is 53.0 Å². The molecule has 17 heteroatoms. The fraction of sp³-hybridized carbons (Fsp3) is 0.222. The summed E-state index contributed by atoms with van der Waals surface area (Å²) in [4.78, 5) is 48.3. The average molecular weight is 723 g/mol. The molecule has 0 saturated carbocycles. The Morgan fingerprint density at radius 2 is 1.07 bits per heavy atom. The van der Waals surface area contributed by atoms with Crippen molar-refractivity contribution in [1.29, 1.82) is 0 Å². The summed E-state index contributed by atoms with van der Waals surface area (Å²) in [5.41, 5.74) is 11.2. The van der Waals surface area contributed by atoms with Gasteiger partial charge in [0.15, 0.2) is 11.5 Å². The summed E-state index contributed by atoms with van der Waals surface area (Å²) in [6.45, 7) is 0. The van der Waals surface area contributed by atoms with E-state index in [1.165, 1.54) is 47.0 Å². The van der Waals surface area contributed by atoms with Crippen LogP contribution in [0.25, 0.3) is 0 Å². The Kier molecular flexibility index (Phi) is 17.3. The van der Waals surface area contributed by atoms with Gasteiger partial charge in [0.1, 0.15) is 0 Å². The molecule has 0 saturated heterocycles. The fourth-order valence-electron chi connectivity index (χ4n) is 3.08. The van der Waals surface area contributed by atoms with E-state index in [4.69, 9.17) is 11.5 Å². The van der Waals surface area contributed by atoms with Crippen molar-refractivity contribution in [1.82, 2.24) is 14.7 Å². The number of anilines is 2. The first-order chi connectivity index (χ1) is 19.4. The fourth-order valence-corrected chi connectivity index (χ4v) is 3.52. The van der Waals surface area contributed by atoms with E-state index in [-0.39, 0.29) is 77.6 Å². The van der Waals surface area contributed by atoms with Gasteiger partial charge in [0, 0.05) is 54.3 Å². The Bertz CT molecular complexity index is 1430. The van der Waals surface area contributed by atoms with Crippen molar-refractivity contribution in [2.24, 2.45) is 0 Å². The van der Waals surface area contributed by atoms with E-state index in [1.54, 1.807) is 52.5 Å². The highest BCUT2D eigenvalue weighted by molar-refractivity contribution is 9.10. The molecule has 7 N–H and O–H groups in total. The van der Waals surface area contributed by atoms with Gasteiger partial charge in [-0.2, -0.15) is 0 Å². The average Bonchev–Trinajstić information content (AvgIpc) is 2.92. The molecule has 0 radical (unpaired) electrons. The number of nitrogens with two attached hydrogens (primary N) is 2. The number of hydrogen-bond acceptors (Lipinski definition) is 10. The van der Waals surface area contributed by atoms with Gasteiger partial charge in [-0.3, -0.25) is 24.5 Å². The smallest absolute Gasteiger partial charge is 0.312 e. The predicted molar refractivity (Wildman–Crippen MR) is 171 cm³/mol. The number of amides is 3. The summed E-state index contributed by atoms with van der Waals surface area (Å²) in [6, 6.07) is 11.9. The molecule has 44 heavy (non-hydrogen) atoms. The monoisotopic (exact) mass is 721 g/mol. The maximum atomic E-state index is 11.6. The molecule has 0 aliphatic rings. The number of benzene rings is 3. The van der Waals surface area contributed by atoms with Gasteiger partial charge in [0.25, 0.3) is 17.7 Å². The second kappa shape index (κ2) is 18.3. The number of phenolic OH excluding ortho intramolecular Hbond substituents is 3. The summed E-state index contributed by atoms with van der Waals surface area (Å²) < 4.78 is 0.363. The maximum absolute atomic E-state index is 11.6. The van der Waals surface area contributed by atoms with Crippen LogP contribution >= 0.6 is 28.3 Å². The zero-order valence-electron chi connectivity index (χ0n) is 24.6. The summed E-state index contributed by atoms with van der Waals surface area (Å²) in [5.74, 6) is -1.94. The third kappa shape index (κ3) is 11.0. The molecule has 0 heterocycles. The number of hydrogen-bond donors (Lipinski definition) is 5. The van der Waals surface area contributed by atoms with Gasteiger partial charge in [-0.25, -0.2) is 0 Å². The van der Waals surface area contributed by atoms with E-state index in [2.05, 4.69) is 15.9 Å². The number of carbonyl (C=O) groups is 3. The first-order valence-corrected chi connectivity index (χ1v) is 12.7. The van der Waals surface area contributed by atoms with Crippen LogP contribution in [0.5, 0.6) is 17.2 Å². The minimum Gasteiger partial charge on any atom is -1.00 e. The van der Waals surface area contributed by atoms with Gasteiger partial charge in [-0.05, 0) is 30.3 Å². The SMILES string of the molecule is CN(C)C(=O)c1cc(Br)cc([N+](=O)[O-])c1O.CN(C)C(=O)c1cccc(N)c1O.CN(C)C(=O)c1cccc(N)c1O.Cl.[Cl-].[HH]. The Labute approximate surface area is 276 Å². The lowest BCUT2D eigenvalue weighted by Gasteiger charge is -2.11. The van der Waals surface area contributed by atoms with Crippen molar-refractivity contribution < 1.29 is 48.5 Å². The van der Waals surface area contributed by atoms with Gasteiger partial charge >= 0.3 is 5.69 Å². The molecule has 0 fully saturated rings. The second-order valence-corrected chi connectivity index (χ2v) is 10.1. The Hall–Kier alpha value is -4.47. The lowest BCUT2D eigenvalue weighted by atomic mass is 10.1. The molecule has 3 aromatic rings. The number of nitro benzene ring substituents is 1. The minimum absolute atomic E-state index is 0. The first kappa shape index (κ1) is 41.7. The van der Waals surface area contributed by atoms with E-state index in [0.29, 0.717) is 4.47 Å². The summed E-state index contributed by atoms with van der Waals surface area (Å²) in [5, 5.41) is 39.1. The zero-order chi connectivity index (χ0) is 32.5. The number of halogens is 3. The van der Waals surface area contributed by atoms with Crippen molar-refractivity contribution in [3.63, 3.8) is 0 Å². The largest absolute Gasteiger partial charge is 1.00 e. The summed E-state index contributed by atoms with van der Waals surface area (Å²) in [7, 11) is 9.45. The number of aromatic hydroxyl groups is 3. The van der Waals surface area contributed by atoms with Crippen LogP contribution in [0.1, 0.15) is 32.5 Å². The third-order valence-corrected chi connectivity index (χ3v) is 5.75. The molecule has 3 amide bonds. The van der Waals surface area contributed by atoms with Gasteiger partial charge in [0.2, 0.25) is 5.75 Å². The van der Waals surface area contributed by atoms with Crippen LogP contribution in [0.2, 0.25) is 0 Å². The summed E-state index contributed by atoms with van der Waals surface area (Å²) >= 11 is 3.05. The molecule has 3 rings (SSSR count). The van der Waals surface area contributed by atoms with Crippen LogP contribution in [0.4, 0.5) is 17.1 Å². The van der Waals surface area contributed by atoms with E-state index < -0.39 is 22.3 Å². The zero-order valence-corrected chi connectivity index (χ0v) is 27.8. The Morgan fingerprint density at radius 1 is 0.727 bits per heavy atom. The molecular formula is C27H36BrCl2N6O8-. The number of para-hydroxylation sites is 2. The molecule has 244 valence electrons. The Balaban J connectivity index is -0.000000573. The first-order valence-electron chi connectivity index (χ1n) is 11.9. The molecule has 0 unspecified atom stereocenters. The topological polar surface area (TPSA) is 217 Å². The number of nitro groups is 1. The van der Waals surface area contributed by atoms with Crippen LogP contribution in [-0.4, -0.2) is 95.0 Å². The molecule has 0 atom stereocenters. The molecule has 3 aromatic carbocycles. The number of phenols is 3. The van der Waals surface area contributed by atoms with Crippen molar-refractivity contribution in [3.8, 4) is 17.2 Å². The minimum atomic E-state index is -0.744. The van der Waals surface area contributed by atoms with E-state index in [9.17, 15) is 39.8 Å². The van der Waals surface area contributed by atoms with E-state index in [0.717, 1.165) is 6.07 Å². The highest BCUT2D eigenvalue weighted by Gasteiger charge is 2.23. The molecule has 0 bridgehead atoms. The molecule has 0 aliphatic heterocycles. The van der Waals surface area contributed by atoms with Crippen molar-refractivity contribution >= 4 is 63.1 Å².